The molecule has 0 bridgehead atoms. The van der Waals surface area contributed by atoms with Gasteiger partial charge in [0.05, 0.1) is 12.2 Å². The van der Waals surface area contributed by atoms with E-state index in [2.05, 4.69) is 0 Å². The normalized spacial score (nSPS) is 11.8. The number of ether oxygens (including phenoxy) is 3. The summed E-state index contributed by atoms with van der Waals surface area (Å²) in [6, 6.07) is 9.87. The third kappa shape index (κ3) is 4.96. The Bertz CT molecular complexity index is 686. The lowest BCUT2D eigenvalue weighted by Gasteiger charge is -2.15. The van der Waals surface area contributed by atoms with Crippen LogP contribution in [-0.4, -0.2) is 30.9 Å². The van der Waals surface area contributed by atoms with Crippen molar-refractivity contribution in [2.75, 3.05) is 13.7 Å². The fraction of sp³-hybridized carbons (Fsp3) is 0.235. The van der Waals surface area contributed by atoms with E-state index >= 15 is 0 Å². The molecule has 0 fully saturated rings. The summed E-state index contributed by atoms with van der Waals surface area (Å²) < 4.78 is 29.3. The van der Waals surface area contributed by atoms with Gasteiger partial charge in [0.2, 0.25) is 0 Å². The molecule has 0 heterocycles. The van der Waals surface area contributed by atoms with E-state index in [0.29, 0.717) is 12.4 Å². The molecule has 0 radical (unpaired) electrons. The zero-order valence-corrected chi connectivity index (χ0v) is 12.8. The first kappa shape index (κ1) is 16.8. The minimum Gasteiger partial charge on any atom is -0.488 e. The standard InChI is InChI=1S/C17H17FO5/c1-11(10-21-2)22-15-6-12(17(19)20)7-16(9-15)23-14-5-3-4-13(18)8-14/h3-9,11H,10H2,1-2H3,(H,19,20)/t11-/m0/s1. The van der Waals surface area contributed by atoms with Crippen molar-refractivity contribution in [3.8, 4) is 17.2 Å². The molecule has 122 valence electrons. The molecule has 0 aromatic heterocycles. The van der Waals surface area contributed by atoms with Crippen LogP contribution in [-0.2, 0) is 4.74 Å². The van der Waals surface area contributed by atoms with Gasteiger partial charge in [-0.05, 0) is 31.2 Å². The van der Waals surface area contributed by atoms with Crippen molar-refractivity contribution in [2.45, 2.75) is 13.0 Å². The van der Waals surface area contributed by atoms with E-state index in [1.165, 1.54) is 30.3 Å². The molecule has 0 aliphatic rings. The molecule has 0 amide bonds. The molecular formula is C17H17FO5. The highest BCUT2D eigenvalue weighted by atomic mass is 19.1. The van der Waals surface area contributed by atoms with Crippen LogP contribution in [0.15, 0.2) is 42.5 Å². The molecule has 0 aliphatic carbocycles. The molecule has 2 aromatic rings. The van der Waals surface area contributed by atoms with Gasteiger partial charge in [0.25, 0.3) is 0 Å². The second kappa shape index (κ2) is 7.60. The Morgan fingerprint density at radius 1 is 1.17 bits per heavy atom. The quantitative estimate of drug-likeness (QED) is 0.842. The summed E-state index contributed by atoms with van der Waals surface area (Å²) in [5.41, 5.74) is 0.0125. The lowest BCUT2D eigenvalue weighted by atomic mass is 10.2. The highest BCUT2D eigenvalue weighted by Gasteiger charge is 2.12. The molecule has 5 nitrogen and oxygen atoms in total. The summed E-state index contributed by atoms with van der Waals surface area (Å²) >= 11 is 0. The van der Waals surface area contributed by atoms with E-state index in [1.807, 2.05) is 0 Å². The Labute approximate surface area is 133 Å². The molecule has 0 aliphatic heterocycles. The fourth-order valence-electron chi connectivity index (χ4n) is 1.99. The highest BCUT2D eigenvalue weighted by Crippen LogP contribution is 2.28. The van der Waals surface area contributed by atoms with Crippen LogP contribution in [0.1, 0.15) is 17.3 Å². The Hall–Kier alpha value is -2.60. The summed E-state index contributed by atoms with van der Waals surface area (Å²) in [5, 5.41) is 9.19. The second-order valence-corrected chi connectivity index (χ2v) is 4.94. The van der Waals surface area contributed by atoms with E-state index in [-0.39, 0.29) is 23.2 Å². The Morgan fingerprint density at radius 2 is 1.91 bits per heavy atom. The third-order valence-electron chi connectivity index (χ3n) is 2.90. The molecule has 0 saturated carbocycles. The van der Waals surface area contributed by atoms with Crippen LogP contribution in [0.25, 0.3) is 0 Å². The second-order valence-electron chi connectivity index (χ2n) is 4.94. The molecule has 2 rings (SSSR count). The smallest absolute Gasteiger partial charge is 0.335 e. The first-order valence-electron chi connectivity index (χ1n) is 6.95. The van der Waals surface area contributed by atoms with Crippen molar-refractivity contribution in [1.29, 1.82) is 0 Å². The lowest BCUT2D eigenvalue weighted by Crippen LogP contribution is -2.18. The molecule has 0 spiro atoms. The maximum absolute atomic E-state index is 13.2. The van der Waals surface area contributed by atoms with Gasteiger partial charge < -0.3 is 19.3 Å². The number of halogens is 1. The molecular weight excluding hydrogens is 303 g/mol. The average molecular weight is 320 g/mol. The van der Waals surface area contributed by atoms with E-state index in [0.717, 1.165) is 0 Å². The maximum Gasteiger partial charge on any atom is 0.335 e. The van der Waals surface area contributed by atoms with Gasteiger partial charge >= 0.3 is 5.97 Å². The predicted molar refractivity (Wildman–Crippen MR) is 81.8 cm³/mol. The highest BCUT2D eigenvalue weighted by molar-refractivity contribution is 5.88. The number of hydrogen-bond donors (Lipinski definition) is 1. The van der Waals surface area contributed by atoms with Crippen LogP contribution >= 0.6 is 0 Å². The van der Waals surface area contributed by atoms with Crippen molar-refractivity contribution < 1.29 is 28.5 Å². The number of methoxy groups -OCH3 is 1. The van der Waals surface area contributed by atoms with Gasteiger partial charge in [-0.3, -0.25) is 0 Å². The van der Waals surface area contributed by atoms with Crippen molar-refractivity contribution >= 4 is 5.97 Å². The predicted octanol–water partition coefficient (Wildman–Crippen LogP) is 3.73. The van der Waals surface area contributed by atoms with Crippen LogP contribution in [0.4, 0.5) is 4.39 Å². The summed E-state index contributed by atoms with van der Waals surface area (Å²) in [4.78, 5) is 11.2. The van der Waals surface area contributed by atoms with Crippen molar-refractivity contribution in [3.63, 3.8) is 0 Å². The summed E-state index contributed by atoms with van der Waals surface area (Å²) in [6.45, 7) is 2.15. The molecule has 1 atom stereocenters. The van der Waals surface area contributed by atoms with E-state index in [1.54, 1.807) is 26.2 Å². The molecule has 6 heteroatoms. The number of rotatable bonds is 7. The minimum absolute atomic E-state index is 0.0125. The van der Waals surface area contributed by atoms with Crippen molar-refractivity contribution in [2.24, 2.45) is 0 Å². The number of carbonyl (C=O) groups is 1. The molecule has 2 aromatic carbocycles. The van der Waals surface area contributed by atoms with Crippen molar-refractivity contribution in [3.05, 3.63) is 53.8 Å². The van der Waals surface area contributed by atoms with Gasteiger partial charge in [0.15, 0.2) is 0 Å². The van der Waals surface area contributed by atoms with Crippen LogP contribution < -0.4 is 9.47 Å². The lowest BCUT2D eigenvalue weighted by molar-refractivity contribution is 0.0693. The number of aromatic carboxylic acids is 1. The SMILES string of the molecule is COC[C@H](C)Oc1cc(Oc2cccc(F)c2)cc(C(=O)O)c1. The number of hydrogen-bond acceptors (Lipinski definition) is 4. The number of carboxylic acids is 1. The van der Waals surface area contributed by atoms with E-state index in [9.17, 15) is 14.3 Å². The molecule has 0 saturated heterocycles. The summed E-state index contributed by atoms with van der Waals surface area (Å²) in [6.07, 6.45) is -0.258. The molecule has 1 N–H and O–H groups in total. The average Bonchev–Trinajstić information content (AvgIpc) is 2.47. The fourth-order valence-corrected chi connectivity index (χ4v) is 1.99. The third-order valence-corrected chi connectivity index (χ3v) is 2.90. The molecule has 23 heavy (non-hydrogen) atoms. The topological polar surface area (TPSA) is 65.0 Å². The molecule has 0 unspecified atom stereocenters. The monoisotopic (exact) mass is 320 g/mol. The van der Waals surface area contributed by atoms with Crippen LogP contribution in [0.2, 0.25) is 0 Å². The van der Waals surface area contributed by atoms with E-state index in [4.69, 9.17) is 14.2 Å². The first-order valence-corrected chi connectivity index (χ1v) is 6.95. The maximum atomic E-state index is 13.2. The Kier molecular flexibility index (Phi) is 5.54. The van der Waals surface area contributed by atoms with Gasteiger partial charge in [-0.25, -0.2) is 9.18 Å². The van der Waals surface area contributed by atoms with Crippen molar-refractivity contribution in [1.82, 2.24) is 0 Å². The van der Waals surface area contributed by atoms with Crippen LogP contribution in [0.5, 0.6) is 17.2 Å². The summed E-state index contributed by atoms with van der Waals surface area (Å²) in [7, 11) is 1.55. The van der Waals surface area contributed by atoms with Gasteiger partial charge in [-0.1, -0.05) is 6.07 Å². The van der Waals surface area contributed by atoms with Crippen LogP contribution in [0, 0.1) is 5.82 Å². The summed E-state index contributed by atoms with van der Waals surface area (Å²) in [5.74, 6) is -0.708. The number of benzene rings is 2. The Morgan fingerprint density at radius 3 is 2.57 bits per heavy atom. The largest absolute Gasteiger partial charge is 0.488 e. The number of carboxylic acid groups (broad SMARTS) is 1. The van der Waals surface area contributed by atoms with Gasteiger partial charge in [-0.15, -0.1) is 0 Å². The zero-order chi connectivity index (χ0) is 16.8. The first-order chi connectivity index (χ1) is 11.0. The zero-order valence-electron chi connectivity index (χ0n) is 12.8. The Balaban J connectivity index is 2.27. The van der Waals surface area contributed by atoms with Gasteiger partial charge in [0, 0.05) is 19.2 Å². The van der Waals surface area contributed by atoms with E-state index < -0.39 is 11.8 Å². The van der Waals surface area contributed by atoms with Gasteiger partial charge in [0.1, 0.15) is 29.2 Å². The minimum atomic E-state index is -1.11. The van der Waals surface area contributed by atoms with Crippen LogP contribution in [0.3, 0.4) is 0 Å². The van der Waals surface area contributed by atoms with Gasteiger partial charge in [-0.2, -0.15) is 0 Å².